The first kappa shape index (κ1) is 51.9. The van der Waals surface area contributed by atoms with Gasteiger partial charge in [-0.1, -0.05) is 207 Å². The van der Waals surface area contributed by atoms with Crippen molar-refractivity contribution >= 4 is 0 Å². The van der Waals surface area contributed by atoms with Crippen LogP contribution in [-0.2, 0) is 13.1 Å². The van der Waals surface area contributed by atoms with Gasteiger partial charge in [-0.25, -0.2) is 4.98 Å². The van der Waals surface area contributed by atoms with Gasteiger partial charge < -0.3 is 13.7 Å². The van der Waals surface area contributed by atoms with Crippen LogP contribution in [0.25, 0.3) is 0 Å². The molecule has 4 heteroatoms. The lowest BCUT2D eigenvalue weighted by Crippen LogP contribution is -2.41. The van der Waals surface area contributed by atoms with Crippen LogP contribution < -0.4 is 4.74 Å². The molecule has 0 unspecified atom stereocenters. The molecule has 0 aromatic carbocycles. The van der Waals surface area contributed by atoms with Crippen LogP contribution in [0.4, 0.5) is 0 Å². The van der Waals surface area contributed by atoms with Crippen LogP contribution in [0.3, 0.4) is 0 Å². The summed E-state index contributed by atoms with van der Waals surface area (Å²) in [5, 5.41) is 0. The van der Waals surface area contributed by atoms with Gasteiger partial charge >= 0.3 is 0 Å². The third-order valence-corrected chi connectivity index (χ3v) is 12.1. The second-order valence-electron chi connectivity index (χ2n) is 19.2. The number of pyridine rings is 1. The summed E-state index contributed by atoms with van der Waals surface area (Å²) < 4.78 is 8.32. The second kappa shape index (κ2) is 36.0. The van der Waals surface area contributed by atoms with Crippen LogP contribution in [0, 0.1) is 0 Å². The van der Waals surface area contributed by atoms with E-state index in [4.69, 9.17) is 9.72 Å². The van der Waals surface area contributed by atoms with Crippen molar-refractivity contribution in [3.05, 3.63) is 23.5 Å². The van der Waals surface area contributed by atoms with Gasteiger partial charge in [0.1, 0.15) is 24.5 Å². The highest BCUT2D eigenvalue weighted by molar-refractivity contribution is 5.29. The average Bonchev–Trinajstić information content (AvgIpc) is 3.15. The van der Waals surface area contributed by atoms with Crippen molar-refractivity contribution in [1.29, 1.82) is 0 Å². The zero-order chi connectivity index (χ0) is 40.1. The molecule has 55 heavy (non-hydrogen) atoms. The Morgan fingerprint density at radius 1 is 0.382 bits per heavy atom. The van der Waals surface area contributed by atoms with Gasteiger partial charge in [0.05, 0.1) is 53.6 Å². The Labute approximate surface area is 346 Å². The van der Waals surface area contributed by atoms with E-state index in [1.165, 1.54) is 224 Å². The highest BCUT2D eigenvalue weighted by Gasteiger charge is 2.23. The maximum atomic E-state index is 6.33. The fraction of sp³-hybridized carbons (Fsp3) is 0.902. The van der Waals surface area contributed by atoms with E-state index in [0.717, 1.165) is 52.9 Å². The molecule has 0 aliphatic heterocycles. The van der Waals surface area contributed by atoms with Crippen molar-refractivity contribution < 1.29 is 13.7 Å². The molecule has 1 heterocycles. The molecule has 0 saturated carbocycles. The van der Waals surface area contributed by atoms with Gasteiger partial charge in [0.15, 0.2) is 0 Å². The molecule has 0 N–H and O–H groups in total. The summed E-state index contributed by atoms with van der Waals surface area (Å²) in [6, 6.07) is 4.48. The molecule has 0 spiro atoms. The maximum absolute atomic E-state index is 6.33. The van der Waals surface area contributed by atoms with Crippen LogP contribution in [0.1, 0.15) is 250 Å². The minimum atomic E-state index is 0.790. The fourth-order valence-corrected chi connectivity index (χ4v) is 8.37. The molecule has 0 aliphatic rings. The quantitative estimate of drug-likeness (QED) is 0.0488. The molecule has 0 fully saturated rings. The normalized spacial score (nSPS) is 12.2. The summed E-state index contributed by atoms with van der Waals surface area (Å²) in [5.74, 6) is 1.01. The van der Waals surface area contributed by atoms with Crippen LogP contribution in [0.2, 0.25) is 0 Å². The molecule has 4 nitrogen and oxygen atoms in total. The first-order valence-electron chi connectivity index (χ1n) is 25.0. The van der Waals surface area contributed by atoms with E-state index >= 15 is 0 Å². The van der Waals surface area contributed by atoms with Crippen molar-refractivity contribution in [3.63, 3.8) is 0 Å². The van der Waals surface area contributed by atoms with Crippen LogP contribution >= 0.6 is 0 Å². The summed E-state index contributed by atoms with van der Waals surface area (Å²) in [6.07, 6.45) is 47.9. The summed E-state index contributed by atoms with van der Waals surface area (Å²) in [7, 11) is 9.59. The number of aromatic nitrogens is 1. The number of unbranched alkanes of at least 4 members (excludes halogenated alkanes) is 31. The number of ether oxygens (including phenoxy) is 1. The molecule has 1 aromatic heterocycles. The first-order valence-corrected chi connectivity index (χ1v) is 25.0. The van der Waals surface area contributed by atoms with Gasteiger partial charge in [-0.15, -0.1) is 0 Å². The molecular formula is C51H101N3O+2. The summed E-state index contributed by atoms with van der Waals surface area (Å²) >= 11 is 0. The van der Waals surface area contributed by atoms with Crippen molar-refractivity contribution in [2.24, 2.45) is 0 Å². The van der Waals surface area contributed by atoms with E-state index < -0.39 is 0 Å². The van der Waals surface area contributed by atoms with Gasteiger partial charge in [0.2, 0.25) is 0 Å². The van der Waals surface area contributed by atoms with Gasteiger partial charge in [-0.05, 0) is 44.2 Å². The Hall–Kier alpha value is -1.13. The molecule has 0 radical (unpaired) electrons. The Morgan fingerprint density at radius 3 is 1.04 bits per heavy atom. The number of quaternary nitrogens is 2. The zero-order valence-electron chi connectivity index (χ0n) is 39.0. The zero-order valence-corrected chi connectivity index (χ0v) is 39.0. The lowest BCUT2D eigenvalue weighted by Gasteiger charge is -2.31. The summed E-state index contributed by atoms with van der Waals surface area (Å²) in [4.78, 5) is 5.31. The lowest BCUT2D eigenvalue weighted by molar-refractivity contribution is -0.905. The third-order valence-electron chi connectivity index (χ3n) is 12.1. The van der Waals surface area contributed by atoms with E-state index in [1.807, 2.05) is 0 Å². The number of rotatable bonds is 42. The van der Waals surface area contributed by atoms with Crippen molar-refractivity contribution in [2.75, 3.05) is 47.9 Å². The first-order chi connectivity index (χ1) is 26.7. The molecule has 1 rings (SSSR count). The molecular weight excluding hydrogens is 671 g/mol. The van der Waals surface area contributed by atoms with Crippen molar-refractivity contribution in [2.45, 2.75) is 252 Å². The average molecular weight is 772 g/mol. The largest absolute Gasteiger partial charge is 0.491 e. The van der Waals surface area contributed by atoms with Gasteiger partial charge in [-0.2, -0.15) is 0 Å². The van der Waals surface area contributed by atoms with Crippen LogP contribution in [0.15, 0.2) is 12.1 Å². The van der Waals surface area contributed by atoms with E-state index in [1.54, 1.807) is 0 Å². The molecule has 324 valence electrons. The van der Waals surface area contributed by atoms with E-state index in [9.17, 15) is 0 Å². The minimum absolute atomic E-state index is 0.790. The van der Waals surface area contributed by atoms with Crippen molar-refractivity contribution in [1.82, 2.24) is 4.98 Å². The smallest absolute Gasteiger partial charge is 0.146 e. The monoisotopic (exact) mass is 772 g/mol. The molecule has 1 aromatic rings. The van der Waals surface area contributed by atoms with Gasteiger partial charge in [-0.3, -0.25) is 0 Å². The van der Waals surface area contributed by atoms with E-state index in [2.05, 4.69) is 61.1 Å². The fourth-order valence-electron chi connectivity index (χ4n) is 8.37. The van der Waals surface area contributed by atoms with Gasteiger partial charge in [0.25, 0.3) is 0 Å². The molecule has 0 saturated heterocycles. The third kappa shape index (κ3) is 32.5. The molecule has 0 amide bonds. The summed E-state index contributed by atoms with van der Waals surface area (Å²) in [6.45, 7) is 12.0. The second-order valence-corrected chi connectivity index (χ2v) is 19.2. The van der Waals surface area contributed by atoms with Gasteiger partial charge in [0, 0.05) is 0 Å². The molecule has 0 aliphatic carbocycles. The standard InChI is InChI=1S/C51H101N3O/c1-8-11-14-16-18-20-22-24-26-28-30-32-34-36-38-40-44-53(4,5)47-49-42-43-51(55-46-13-10-3)50(52-49)48-54(6,7)45-41-39-37-35-33-31-29-27-25-23-21-19-17-15-12-9-2/h42-43H,8-41,44-48H2,1-7H3/q+2. The van der Waals surface area contributed by atoms with E-state index in [0.29, 0.717) is 0 Å². The van der Waals surface area contributed by atoms with E-state index in [-0.39, 0.29) is 0 Å². The predicted molar refractivity (Wildman–Crippen MR) is 245 cm³/mol. The molecule has 0 bridgehead atoms. The number of hydrogen-bond donors (Lipinski definition) is 0. The minimum Gasteiger partial charge on any atom is -0.491 e. The van der Waals surface area contributed by atoms with Crippen LogP contribution in [-0.4, -0.2) is 61.8 Å². The lowest BCUT2D eigenvalue weighted by atomic mass is 10.0. The highest BCUT2D eigenvalue weighted by atomic mass is 16.5. The Kier molecular flexibility index (Phi) is 34.0. The van der Waals surface area contributed by atoms with Crippen LogP contribution in [0.5, 0.6) is 5.75 Å². The maximum Gasteiger partial charge on any atom is 0.146 e. The predicted octanol–water partition coefficient (Wildman–Crippen LogP) is 15.9. The SMILES string of the molecule is CCCCCCCCCCCCCCCCCC[N+](C)(C)Cc1ccc(OCCCC)c(C[N+](C)(C)CCCCCCCCCCCCCCCCCC)n1. The Bertz CT molecular complexity index is 959. The summed E-state index contributed by atoms with van der Waals surface area (Å²) in [5.41, 5.74) is 2.39. The topological polar surface area (TPSA) is 22.1 Å². The Morgan fingerprint density at radius 2 is 0.691 bits per heavy atom. The Balaban J connectivity index is 2.31. The highest BCUT2D eigenvalue weighted by Crippen LogP contribution is 2.24. The van der Waals surface area contributed by atoms with Crippen molar-refractivity contribution in [3.8, 4) is 5.75 Å². The molecule has 0 atom stereocenters. The number of nitrogens with zero attached hydrogens (tertiary/aromatic N) is 3. The number of hydrogen-bond acceptors (Lipinski definition) is 2.